The molecule has 26 heavy (non-hydrogen) atoms. The average Bonchev–Trinajstić information content (AvgIpc) is 2.64. The van der Waals surface area contributed by atoms with Gasteiger partial charge in [-0.2, -0.15) is 4.31 Å². The summed E-state index contributed by atoms with van der Waals surface area (Å²) in [6.45, 7) is 5.89. The van der Waals surface area contributed by atoms with E-state index in [0.717, 1.165) is 37.9 Å². The summed E-state index contributed by atoms with van der Waals surface area (Å²) >= 11 is 0. The van der Waals surface area contributed by atoms with Crippen LogP contribution in [-0.2, 0) is 14.8 Å². The van der Waals surface area contributed by atoms with E-state index in [1.54, 1.807) is 4.90 Å². The first-order valence-electron chi connectivity index (χ1n) is 9.24. The van der Waals surface area contributed by atoms with Crippen molar-refractivity contribution >= 4 is 15.9 Å². The Morgan fingerprint density at radius 2 is 1.77 bits per heavy atom. The first-order valence-corrected chi connectivity index (χ1v) is 10.7. The molecule has 0 atom stereocenters. The second-order valence-electron chi connectivity index (χ2n) is 7.32. The van der Waals surface area contributed by atoms with E-state index in [9.17, 15) is 17.6 Å². The van der Waals surface area contributed by atoms with E-state index in [4.69, 9.17) is 0 Å². The van der Waals surface area contributed by atoms with Gasteiger partial charge in [0.05, 0.1) is 13.1 Å². The summed E-state index contributed by atoms with van der Waals surface area (Å²) in [4.78, 5) is 15.3. The Bertz CT molecular complexity index is 740. The predicted molar refractivity (Wildman–Crippen MR) is 95.7 cm³/mol. The number of quaternary nitrogens is 1. The number of nitrogens with zero attached hydrogens (tertiary/aromatic N) is 2. The molecule has 2 heterocycles. The summed E-state index contributed by atoms with van der Waals surface area (Å²) in [6, 6.07) is 5.41. The van der Waals surface area contributed by atoms with Crippen molar-refractivity contribution in [3.8, 4) is 0 Å². The lowest BCUT2D eigenvalue weighted by Crippen LogP contribution is -3.14. The number of rotatable bonds is 4. The lowest BCUT2D eigenvalue weighted by Gasteiger charge is -2.35. The fraction of sp³-hybridized carbons (Fsp3) is 0.611. The molecule has 2 fully saturated rings. The van der Waals surface area contributed by atoms with E-state index in [2.05, 4.69) is 6.92 Å². The number of carbonyl (C=O) groups is 1. The summed E-state index contributed by atoms with van der Waals surface area (Å²) in [5.41, 5.74) is 0. The molecule has 3 rings (SSSR count). The maximum absolute atomic E-state index is 13.9. The van der Waals surface area contributed by atoms with Crippen LogP contribution >= 0.6 is 0 Å². The molecular formula is C18H27FN3O3S+. The smallest absolute Gasteiger partial charge is 0.277 e. The number of piperidine rings is 1. The SMILES string of the molecule is CC1CC[NH+](CC(=O)N2CCN(S(=O)(=O)c3ccccc3F)CC2)CC1. The molecule has 0 bridgehead atoms. The molecule has 0 aliphatic carbocycles. The van der Waals surface area contributed by atoms with Crippen LogP contribution in [0.15, 0.2) is 29.2 Å². The van der Waals surface area contributed by atoms with Gasteiger partial charge in [0.1, 0.15) is 10.7 Å². The molecule has 2 aliphatic heterocycles. The molecule has 1 aromatic rings. The topological polar surface area (TPSA) is 62.1 Å². The van der Waals surface area contributed by atoms with Gasteiger partial charge < -0.3 is 9.80 Å². The summed E-state index contributed by atoms with van der Waals surface area (Å²) in [5, 5.41) is 0. The molecule has 8 heteroatoms. The minimum Gasteiger partial charge on any atom is -0.335 e. The Morgan fingerprint density at radius 1 is 1.15 bits per heavy atom. The van der Waals surface area contributed by atoms with Gasteiger partial charge >= 0.3 is 0 Å². The predicted octanol–water partition coefficient (Wildman–Crippen LogP) is -0.0266. The molecule has 144 valence electrons. The molecule has 0 unspecified atom stereocenters. The van der Waals surface area contributed by atoms with E-state index in [0.29, 0.717) is 19.6 Å². The number of nitrogens with one attached hydrogen (secondary N) is 1. The fourth-order valence-electron chi connectivity index (χ4n) is 3.64. The number of likely N-dealkylation sites (tertiary alicyclic amines) is 1. The van der Waals surface area contributed by atoms with E-state index >= 15 is 0 Å². The normalized spacial score (nSPS) is 25.2. The van der Waals surface area contributed by atoms with Crippen molar-refractivity contribution < 1.29 is 22.5 Å². The number of piperazine rings is 1. The first-order chi connectivity index (χ1) is 12.4. The molecule has 0 aromatic heterocycles. The molecule has 6 nitrogen and oxygen atoms in total. The van der Waals surface area contributed by atoms with Crippen LogP contribution in [0.3, 0.4) is 0 Å². The Labute approximate surface area is 154 Å². The largest absolute Gasteiger partial charge is 0.335 e. The first kappa shape index (κ1) is 19.3. The van der Waals surface area contributed by atoms with Crippen LogP contribution in [0.4, 0.5) is 4.39 Å². The number of sulfonamides is 1. The molecular weight excluding hydrogens is 357 g/mol. The lowest BCUT2D eigenvalue weighted by molar-refractivity contribution is -0.898. The maximum atomic E-state index is 13.9. The molecule has 1 amide bonds. The molecule has 1 aromatic carbocycles. The van der Waals surface area contributed by atoms with Gasteiger partial charge in [-0.15, -0.1) is 0 Å². The standard InChI is InChI=1S/C18H26FN3O3S/c1-15-6-8-20(9-7-15)14-18(23)21-10-12-22(13-11-21)26(24,25)17-5-3-2-4-16(17)19/h2-5,15H,6-14H2,1H3/p+1. The van der Waals surface area contributed by atoms with Gasteiger partial charge in [0.15, 0.2) is 6.54 Å². The molecule has 2 saturated heterocycles. The Balaban J connectivity index is 1.55. The Hall–Kier alpha value is -1.51. The minimum absolute atomic E-state index is 0.0810. The third kappa shape index (κ3) is 4.24. The maximum Gasteiger partial charge on any atom is 0.277 e. The summed E-state index contributed by atoms with van der Waals surface area (Å²) in [6.07, 6.45) is 2.30. The van der Waals surface area contributed by atoms with Crippen molar-refractivity contribution in [1.29, 1.82) is 0 Å². The highest BCUT2D eigenvalue weighted by atomic mass is 32.2. The number of amides is 1. The number of carbonyl (C=O) groups excluding carboxylic acids is 1. The average molecular weight is 384 g/mol. The third-order valence-corrected chi connectivity index (χ3v) is 7.36. The van der Waals surface area contributed by atoms with E-state index in [-0.39, 0.29) is 23.9 Å². The highest BCUT2D eigenvalue weighted by Gasteiger charge is 2.33. The quantitative estimate of drug-likeness (QED) is 0.793. The Kier molecular flexibility index (Phi) is 5.94. The zero-order chi connectivity index (χ0) is 18.7. The van der Waals surface area contributed by atoms with Crippen LogP contribution in [0.25, 0.3) is 0 Å². The number of hydrogen-bond donors (Lipinski definition) is 1. The van der Waals surface area contributed by atoms with Crippen LogP contribution in [0.1, 0.15) is 19.8 Å². The van der Waals surface area contributed by atoms with Gasteiger partial charge in [-0.05, 0) is 30.9 Å². The molecule has 0 saturated carbocycles. The lowest BCUT2D eigenvalue weighted by atomic mass is 9.99. The van der Waals surface area contributed by atoms with Crippen molar-refractivity contribution in [2.75, 3.05) is 45.8 Å². The van der Waals surface area contributed by atoms with Crippen molar-refractivity contribution in [1.82, 2.24) is 9.21 Å². The molecule has 0 radical (unpaired) electrons. The van der Waals surface area contributed by atoms with Crippen LogP contribution in [0, 0.1) is 11.7 Å². The fourth-order valence-corrected chi connectivity index (χ4v) is 5.13. The van der Waals surface area contributed by atoms with Gasteiger partial charge in [0.25, 0.3) is 5.91 Å². The van der Waals surface area contributed by atoms with E-state index < -0.39 is 15.8 Å². The number of halogens is 1. The van der Waals surface area contributed by atoms with Crippen LogP contribution < -0.4 is 4.90 Å². The van der Waals surface area contributed by atoms with Crippen molar-refractivity contribution in [3.05, 3.63) is 30.1 Å². The van der Waals surface area contributed by atoms with Gasteiger partial charge in [0, 0.05) is 26.2 Å². The van der Waals surface area contributed by atoms with Gasteiger partial charge in [-0.1, -0.05) is 19.1 Å². The molecule has 2 aliphatic rings. The number of benzene rings is 1. The minimum atomic E-state index is -3.86. The monoisotopic (exact) mass is 384 g/mol. The van der Waals surface area contributed by atoms with E-state index in [1.807, 2.05) is 0 Å². The molecule has 0 spiro atoms. The number of hydrogen-bond acceptors (Lipinski definition) is 3. The van der Waals surface area contributed by atoms with Crippen molar-refractivity contribution in [2.45, 2.75) is 24.7 Å². The summed E-state index contributed by atoms with van der Waals surface area (Å²) < 4.78 is 40.3. The summed E-state index contributed by atoms with van der Waals surface area (Å²) in [5.74, 6) is 0.0763. The highest BCUT2D eigenvalue weighted by Crippen LogP contribution is 2.20. The second kappa shape index (κ2) is 8.02. The van der Waals surface area contributed by atoms with Gasteiger partial charge in [0.2, 0.25) is 10.0 Å². The molecule has 1 N–H and O–H groups in total. The zero-order valence-electron chi connectivity index (χ0n) is 15.2. The van der Waals surface area contributed by atoms with E-state index in [1.165, 1.54) is 27.4 Å². The highest BCUT2D eigenvalue weighted by molar-refractivity contribution is 7.89. The van der Waals surface area contributed by atoms with Crippen LogP contribution in [0.5, 0.6) is 0 Å². The third-order valence-electron chi connectivity index (χ3n) is 5.43. The zero-order valence-corrected chi connectivity index (χ0v) is 16.0. The van der Waals surface area contributed by atoms with Crippen LogP contribution in [0.2, 0.25) is 0 Å². The van der Waals surface area contributed by atoms with Crippen molar-refractivity contribution in [2.24, 2.45) is 5.92 Å². The summed E-state index contributed by atoms with van der Waals surface area (Å²) in [7, 11) is -3.86. The van der Waals surface area contributed by atoms with Crippen molar-refractivity contribution in [3.63, 3.8) is 0 Å². The van der Waals surface area contributed by atoms with Crippen LogP contribution in [-0.4, -0.2) is 69.3 Å². The van der Waals surface area contributed by atoms with Gasteiger partial charge in [-0.25, -0.2) is 12.8 Å². The second-order valence-corrected chi connectivity index (χ2v) is 9.23. The van der Waals surface area contributed by atoms with Gasteiger partial charge in [-0.3, -0.25) is 4.79 Å². The Morgan fingerprint density at radius 3 is 2.38 bits per heavy atom.